The molecule has 3 aromatic rings. The van der Waals surface area contributed by atoms with Crippen LogP contribution in [0.1, 0.15) is 23.5 Å². The van der Waals surface area contributed by atoms with E-state index >= 15 is 0 Å². The number of aromatic nitrogens is 3. The number of rotatable bonds is 7. The number of furan rings is 1. The van der Waals surface area contributed by atoms with E-state index in [9.17, 15) is 9.59 Å². The van der Waals surface area contributed by atoms with E-state index in [1.54, 1.807) is 29.8 Å². The van der Waals surface area contributed by atoms with E-state index < -0.39 is 0 Å². The molecule has 27 heavy (non-hydrogen) atoms. The summed E-state index contributed by atoms with van der Waals surface area (Å²) in [4.78, 5) is 24.4. The Kier molecular flexibility index (Phi) is 6.30. The fourth-order valence-electron chi connectivity index (χ4n) is 2.28. The largest absolute Gasteiger partial charge is 0.461 e. The molecule has 0 spiro atoms. The molecule has 0 aliphatic heterocycles. The summed E-state index contributed by atoms with van der Waals surface area (Å²) in [6.07, 6.45) is 1.58. The predicted molar refractivity (Wildman–Crippen MR) is 103 cm³/mol. The molecule has 10 heteroatoms. The normalized spacial score (nSPS) is 10.9. The molecule has 2 amide bonds. The summed E-state index contributed by atoms with van der Waals surface area (Å²) in [7, 11) is 0. The molecule has 0 atom stereocenters. The van der Waals surface area contributed by atoms with Gasteiger partial charge in [-0.15, -0.1) is 21.5 Å². The molecule has 0 bridgehead atoms. The average molecular weight is 406 g/mol. The van der Waals surface area contributed by atoms with Crippen LogP contribution >= 0.6 is 23.1 Å². The van der Waals surface area contributed by atoms with Gasteiger partial charge in [0.05, 0.1) is 16.9 Å². The summed E-state index contributed by atoms with van der Waals surface area (Å²) >= 11 is 2.55. The van der Waals surface area contributed by atoms with Crippen molar-refractivity contribution in [1.29, 1.82) is 0 Å². The minimum atomic E-state index is -0.341. The van der Waals surface area contributed by atoms with Gasteiger partial charge >= 0.3 is 0 Å². The molecule has 142 valence electrons. The van der Waals surface area contributed by atoms with Gasteiger partial charge in [0.25, 0.3) is 5.91 Å². The number of hydrazine groups is 1. The number of nitrogens with zero attached hydrogens (tertiary/aromatic N) is 3. The van der Waals surface area contributed by atoms with Crippen LogP contribution in [0.5, 0.6) is 0 Å². The van der Waals surface area contributed by atoms with Crippen molar-refractivity contribution in [1.82, 2.24) is 25.6 Å². The molecule has 0 aliphatic carbocycles. The van der Waals surface area contributed by atoms with Crippen molar-refractivity contribution in [3.8, 4) is 11.6 Å². The van der Waals surface area contributed by atoms with E-state index in [0.717, 1.165) is 0 Å². The minimum Gasteiger partial charge on any atom is -0.461 e. The van der Waals surface area contributed by atoms with Crippen molar-refractivity contribution in [2.24, 2.45) is 5.92 Å². The van der Waals surface area contributed by atoms with Crippen LogP contribution in [-0.2, 0) is 11.3 Å². The fraction of sp³-hybridized carbons (Fsp3) is 0.294. The molecule has 3 aromatic heterocycles. The molecule has 0 unspecified atom stereocenters. The smallest absolute Gasteiger partial charge is 0.279 e. The van der Waals surface area contributed by atoms with Gasteiger partial charge in [-0.25, -0.2) is 0 Å². The van der Waals surface area contributed by atoms with Gasteiger partial charge in [0, 0.05) is 6.54 Å². The molecule has 0 saturated carbocycles. The summed E-state index contributed by atoms with van der Waals surface area (Å²) in [5.41, 5.74) is 4.80. The molecule has 3 heterocycles. The highest BCUT2D eigenvalue weighted by Gasteiger charge is 2.18. The Morgan fingerprint density at radius 2 is 2.11 bits per heavy atom. The molecule has 0 aliphatic rings. The van der Waals surface area contributed by atoms with Gasteiger partial charge in [0.15, 0.2) is 16.7 Å². The summed E-state index contributed by atoms with van der Waals surface area (Å²) < 4.78 is 7.36. The first-order valence-electron chi connectivity index (χ1n) is 8.27. The van der Waals surface area contributed by atoms with Crippen LogP contribution in [0.25, 0.3) is 11.6 Å². The van der Waals surface area contributed by atoms with Crippen LogP contribution in [0.2, 0.25) is 0 Å². The number of nitrogens with one attached hydrogen (secondary N) is 2. The lowest BCUT2D eigenvalue weighted by atomic mass is 10.2. The highest BCUT2D eigenvalue weighted by atomic mass is 32.2. The molecule has 3 rings (SSSR count). The van der Waals surface area contributed by atoms with Gasteiger partial charge in [-0.2, -0.15) is 0 Å². The predicted octanol–water partition coefficient (Wildman–Crippen LogP) is 2.81. The first-order chi connectivity index (χ1) is 13.0. The lowest BCUT2D eigenvalue weighted by Crippen LogP contribution is -2.42. The van der Waals surface area contributed by atoms with E-state index in [1.807, 2.05) is 10.6 Å². The summed E-state index contributed by atoms with van der Waals surface area (Å²) in [6.45, 7) is 4.88. The van der Waals surface area contributed by atoms with Crippen LogP contribution in [0.3, 0.4) is 0 Å². The number of thiophene rings is 1. The second-order valence-corrected chi connectivity index (χ2v) is 7.95. The van der Waals surface area contributed by atoms with Crippen molar-refractivity contribution in [2.45, 2.75) is 25.5 Å². The third kappa shape index (κ3) is 4.98. The average Bonchev–Trinajstić information content (AvgIpc) is 3.38. The Morgan fingerprint density at radius 1 is 1.26 bits per heavy atom. The second kappa shape index (κ2) is 8.87. The van der Waals surface area contributed by atoms with E-state index in [2.05, 4.69) is 34.9 Å². The Bertz CT molecular complexity index is 888. The first kappa shape index (κ1) is 19.2. The second-order valence-electron chi connectivity index (χ2n) is 6.06. The zero-order chi connectivity index (χ0) is 19.2. The fourth-order valence-corrected chi connectivity index (χ4v) is 3.64. The zero-order valence-electron chi connectivity index (χ0n) is 14.8. The number of hydrogen-bond donors (Lipinski definition) is 2. The monoisotopic (exact) mass is 405 g/mol. The highest BCUT2D eigenvalue weighted by Crippen LogP contribution is 2.25. The molecule has 0 saturated heterocycles. The molecular formula is C17H19N5O3S2. The molecule has 0 aromatic carbocycles. The maximum Gasteiger partial charge on any atom is 0.279 e. The van der Waals surface area contributed by atoms with E-state index in [-0.39, 0.29) is 17.6 Å². The van der Waals surface area contributed by atoms with Crippen LogP contribution in [0, 0.1) is 5.92 Å². The standard InChI is InChI=1S/C17H19N5O3S2/c1-11(2)9-22-15(12-5-3-7-25-12)19-21-17(22)27-10-14(23)18-20-16(24)13-6-4-8-26-13/h3-8,11H,9-10H2,1-2H3,(H,18,23)(H,20,24). The Hall–Kier alpha value is -2.59. The van der Waals surface area contributed by atoms with E-state index in [1.165, 1.54) is 23.1 Å². The number of carbonyl (C=O) groups is 2. The Labute approximate surface area is 164 Å². The zero-order valence-corrected chi connectivity index (χ0v) is 16.5. The van der Waals surface area contributed by atoms with Crippen LogP contribution in [-0.4, -0.2) is 32.3 Å². The Morgan fingerprint density at radius 3 is 2.78 bits per heavy atom. The molecule has 0 radical (unpaired) electrons. The SMILES string of the molecule is CC(C)Cn1c(SCC(=O)NNC(=O)c2cccs2)nnc1-c1ccco1. The van der Waals surface area contributed by atoms with Crippen molar-refractivity contribution >= 4 is 34.9 Å². The first-order valence-corrected chi connectivity index (χ1v) is 10.1. The van der Waals surface area contributed by atoms with E-state index in [4.69, 9.17) is 4.42 Å². The Balaban J connectivity index is 1.60. The van der Waals surface area contributed by atoms with Crippen molar-refractivity contribution < 1.29 is 14.0 Å². The lowest BCUT2D eigenvalue weighted by molar-refractivity contribution is -0.119. The van der Waals surface area contributed by atoms with Crippen molar-refractivity contribution in [3.63, 3.8) is 0 Å². The molecule has 0 fully saturated rings. The minimum absolute atomic E-state index is 0.0963. The van der Waals surface area contributed by atoms with E-state index in [0.29, 0.717) is 34.1 Å². The van der Waals surface area contributed by atoms with Crippen LogP contribution < -0.4 is 10.9 Å². The van der Waals surface area contributed by atoms with Gasteiger partial charge in [0.2, 0.25) is 5.91 Å². The van der Waals surface area contributed by atoms with Crippen LogP contribution in [0.4, 0.5) is 0 Å². The highest BCUT2D eigenvalue weighted by molar-refractivity contribution is 7.99. The third-order valence-electron chi connectivity index (χ3n) is 3.40. The maximum absolute atomic E-state index is 12.0. The number of carbonyl (C=O) groups excluding carboxylic acids is 2. The van der Waals surface area contributed by atoms with Crippen molar-refractivity contribution in [2.75, 3.05) is 5.75 Å². The third-order valence-corrected chi connectivity index (χ3v) is 5.23. The van der Waals surface area contributed by atoms with Gasteiger partial charge in [-0.3, -0.25) is 25.0 Å². The van der Waals surface area contributed by atoms with Gasteiger partial charge < -0.3 is 4.42 Å². The molecule has 2 N–H and O–H groups in total. The van der Waals surface area contributed by atoms with Crippen molar-refractivity contribution in [3.05, 3.63) is 40.8 Å². The number of hydrogen-bond acceptors (Lipinski definition) is 7. The van der Waals surface area contributed by atoms with Crippen LogP contribution in [0.15, 0.2) is 45.5 Å². The van der Waals surface area contributed by atoms with Gasteiger partial charge in [-0.1, -0.05) is 31.7 Å². The summed E-state index contributed by atoms with van der Waals surface area (Å²) in [5, 5.41) is 10.8. The summed E-state index contributed by atoms with van der Waals surface area (Å²) in [5.74, 6) is 1.05. The molecule has 8 nitrogen and oxygen atoms in total. The topological polar surface area (TPSA) is 102 Å². The quantitative estimate of drug-likeness (QED) is 0.463. The van der Waals surface area contributed by atoms with Gasteiger partial charge in [0.1, 0.15) is 0 Å². The number of amides is 2. The lowest BCUT2D eigenvalue weighted by Gasteiger charge is -2.11. The summed E-state index contributed by atoms with van der Waals surface area (Å²) in [6, 6.07) is 7.07. The molecular weight excluding hydrogens is 386 g/mol. The number of thioether (sulfide) groups is 1. The maximum atomic E-state index is 12.0. The van der Waals surface area contributed by atoms with Gasteiger partial charge in [-0.05, 0) is 29.5 Å².